The molecule has 0 saturated heterocycles. The molecule has 0 aliphatic carbocycles. The van der Waals surface area contributed by atoms with Gasteiger partial charge in [0.25, 0.3) is 0 Å². The standard InChI is InChI=1S/C33H23Cl2F3N2O3/c1-42-32(41)24-12-7-22(8-13-24)19-40-20-30(28-15-14-26(34)18-29(28)35)39-31(40)16-9-21-5-10-23(11-6-21)25-3-2-4-27(17-25)43-33(36,37)38/h2-18,20H,19H2,1H3. The average Bonchev–Trinajstić information content (AvgIpc) is 3.37. The Balaban J connectivity index is 1.42. The van der Waals surface area contributed by atoms with Gasteiger partial charge in [-0.05, 0) is 70.8 Å². The van der Waals surface area contributed by atoms with E-state index in [1.807, 2.05) is 65.4 Å². The van der Waals surface area contributed by atoms with Gasteiger partial charge in [0, 0.05) is 23.3 Å². The first kappa shape index (κ1) is 29.9. The number of halogens is 5. The number of imidazole rings is 1. The van der Waals surface area contributed by atoms with Crippen LogP contribution in [0.3, 0.4) is 0 Å². The van der Waals surface area contributed by atoms with Crippen LogP contribution in [-0.2, 0) is 11.3 Å². The predicted octanol–water partition coefficient (Wildman–Crippen LogP) is 9.43. The van der Waals surface area contributed by atoms with E-state index in [1.54, 1.807) is 30.3 Å². The zero-order valence-corrected chi connectivity index (χ0v) is 24.1. The van der Waals surface area contributed by atoms with Crippen molar-refractivity contribution in [3.8, 4) is 28.1 Å². The van der Waals surface area contributed by atoms with Crippen molar-refractivity contribution in [1.82, 2.24) is 9.55 Å². The Morgan fingerprint density at radius 1 is 0.907 bits per heavy atom. The number of carbonyl (C=O) groups excluding carboxylic acids is 1. The SMILES string of the molecule is COC(=O)c1ccc(Cn2cc(-c3ccc(Cl)cc3Cl)nc2C=Cc2ccc(-c3cccc(OC(F)(F)F)c3)cc2)cc1. The number of carbonyl (C=O) groups is 1. The first-order chi connectivity index (χ1) is 20.6. The summed E-state index contributed by atoms with van der Waals surface area (Å²) >= 11 is 12.6. The van der Waals surface area contributed by atoms with Gasteiger partial charge in [0.05, 0.1) is 23.4 Å². The highest BCUT2D eigenvalue weighted by molar-refractivity contribution is 6.36. The number of hydrogen-bond donors (Lipinski definition) is 0. The van der Waals surface area contributed by atoms with Gasteiger partial charge in [-0.3, -0.25) is 0 Å². The monoisotopic (exact) mass is 622 g/mol. The van der Waals surface area contributed by atoms with Crippen LogP contribution in [0.5, 0.6) is 5.75 Å². The lowest BCUT2D eigenvalue weighted by Crippen LogP contribution is -2.17. The molecule has 10 heteroatoms. The van der Waals surface area contributed by atoms with Gasteiger partial charge in [-0.1, -0.05) is 77.8 Å². The molecule has 1 heterocycles. The number of esters is 1. The number of hydrogen-bond acceptors (Lipinski definition) is 4. The van der Waals surface area contributed by atoms with Crippen molar-refractivity contribution in [3.63, 3.8) is 0 Å². The highest BCUT2D eigenvalue weighted by Gasteiger charge is 2.31. The molecule has 5 aromatic rings. The maximum atomic E-state index is 12.6. The van der Waals surface area contributed by atoms with E-state index in [1.165, 1.54) is 25.3 Å². The third-order valence-electron chi connectivity index (χ3n) is 6.48. The molecule has 0 bridgehead atoms. The molecule has 4 aromatic carbocycles. The summed E-state index contributed by atoms with van der Waals surface area (Å²) in [7, 11) is 1.34. The van der Waals surface area contributed by atoms with Gasteiger partial charge in [-0.2, -0.15) is 0 Å². The molecule has 5 rings (SSSR count). The number of alkyl halides is 3. The minimum absolute atomic E-state index is 0.280. The fourth-order valence-corrected chi connectivity index (χ4v) is 4.91. The zero-order chi connectivity index (χ0) is 30.6. The van der Waals surface area contributed by atoms with Crippen LogP contribution in [-0.4, -0.2) is 29.0 Å². The summed E-state index contributed by atoms with van der Waals surface area (Å²) in [6, 6.07) is 25.5. The number of benzene rings is 4. The van der Waals surface area contributed by atoms with Gasteiger partial charge in [0.2, 0.25) is 0 Å². The van der Waals surface area contributed by atoms with Crippen LogP contribution in [0.25, 0.3) is 34.5 Å². The Morgan fingerprint density at radius 2 is 1.65 bits per heavy atom. The first-order valence-electron chi connectivity index (χ1n) is 12.9. The van der Waals surface area contributed by atoms with Crippen LogP contribution in [0.1, 0.15) is 27.3 Å². The molecule has 0 unspecified atom stereocenters. The van der Waals surface area contributed by atoms with Gasteiger partial charge in [-0.25, -0.2) is 9.78 Å². The Hall–Kier alpha value is -4.53. The molecule has 43 heavy (non-hydrogen) atoms. The Kier molecular flexibility index (Phi) is 8.89. The average molecular weight is 623 g/mol. The molecule has 0 N–H and O–H groups in total. The van der Waals surface area contributed by atoms with E-state index >= 15 is 0 Å². The minimum atomic E-state index is -4.76. The van der Waals surface area contributed by atoms with Crippen molar-refractivity contribution in [2.45, 2.75) is 12.9 Å². The lowest BCUT2D eigenvalue weighted by Gasteiger charge is -2.10. The molecule has 0 aliphatic rings. The van der Waals surface area contributed by atoms with Crippen LogP contribution >= 0.6 is 23.2 Å². The largest absolute Gasteiger partial charge is 0.573 e. The summed E-state index contributed by atoms with van der Waals surface area (Å²) in [6.45, 7) is 0.467. The molecule has 0 spiro atoms. The molecule has 0 fully saturated rings. The van der Waals surface area contributed by atoms with Crippen molar-refractivity contribution in [2.75, 3.05) is 7.11 Å². The van der Waals surface area contributed by atoms with E-state index in [2.05, 4.69) is 4.74 Å². The zero-order valence-electron chi connectivity index (χ0n) is 22.6. The lowest BCUT2D eigenvalue weighted by atomic mass is 10.0. The number of aromatic nitrogens is 2. The normalized spacial score (nSPS) is 11.6. The Labute approximate surface area is 255 Å². The molecule has 0 aliphatic heterocycles. The van der Waals surface area contributed by atoms with E-state index in [0.717, 1.165) is 22.3 Å². The third kappa shape index (κ3) is 7.66. The molecule has 218 valence electrons. The second kappa shape index (κ2) is 12.8. The highest BCUT2D eigenvalue weighted by atomic mass is 35.5. The van der Waals surface area contributed by atoms with Crippen molar-refractivity contribution in [3.05, 3.63) is 130 Å². The summed E-state index contributed by atoms with van der Waals surface area (Å²) in [4.78, 5) is 16.6. The Morgan fingerprint density at radius 3 is 2.33 bits per heavy atom. The fourth-order valence-electron chi connectivity index (χ4n) is 4.41. The number of rotatable bonds is 8. The molecular formula is C33H23Cl2F3N2O3. The van der Waals surface area contributed by atoms with Gasteiger partial charge in [0.1, 0.15) is 11.6 Å². The molecule has 1 aromatic heterocycles. The van der Waals surface area contributed by atoms with Gasteiger partial charge < -0.3 is 14.0 Å². The quantitative estimate of drug-likeness (QED) is 0.162. The second-order valence-corrected chi connectivity index (χ2v) is 10.3. The van der Waals surface area contributed by atoms with Crippen LogP contribution in [0, 0.1) is 0 Å². The van der Waals surface area contributed by atoms with Crippen LogP contribution in [0.4, 0.5) is 13.2 Å². The second-order valence-electron chi connectivity index (χ2n) is 9.46. The highest BCUT2D eigenvalue weighted by Crippen LogP contribution is 2.31. The molecule has 0 atom stereocenters. The van der Waals surface area contributed by atoms with Crippen molar-refractivity contribution >= 4 is 41.3 Å². The van der Waals surface area contributed by atoms with Crippen LogP contribution in [0.2, 0.25) is 10.0 Å². The van der Waals surface area contributed by atoms with Crippen molar-refractivity contribution in [2.24, 2.45) is 0 Å². The number of methoxy groups -OCH3 is 1. The predicted molar refractivity (Wildman–Crippen MR) is 162 cm³/mol. The molecule has 0 radical (unpaired) electrons. The molecule has 0 amide bonds. The molecular weight excluding hydrogens is 600 g/mol. The topological polar surface area (TPSA) is 53.4 Å². The van der Waals surface area contributed by atoms with E-state index in [4.69, 9.17) is 32.9 Å². The fraction of sp³-hybridized carbons (Fsp3) is 0.0909. The van der Waals surface area contributed by atoms with Crippen molar-refractivity contribution < 1.29 is 27.4 Å². The Bertz CT molecular complexity index is 1780. The lowest BCUT2D eigenvalue weighted by molar-refractivity contribution is -0.274. The first-order valence-corrected chi connectivity index (χ1v) is 13.7. The van der Waals surface area contributed by atoms with Crippen molar-refractivity contribution in [1.29, 1.82) is 0 Å². The van der Waals surface area contributed by atoms with Gasteiger partial charge in [-0.15, -0.1) is 13.2 Å². The van der Waals surface area contributed by atoms with E-state index in [-0.39, 0.29) is 5.75 Å². The maximum absolute atomic E-state index is 12.6. The minimum Gasteiger partial charge on any atom is -0.465 e. The van der Waals surface area contributed by atoms with Crippen LogP contribution < -0.4 is 4.74 Å². The molecule has 0 saturated carbocycles. The van der Waals surface area contributed by atoms with E-state index in [9.17, 15) is 18.0 Å². The van der Waals surface area contributed by atoms with E-state index in [0.29, 0.717) is 39.2 Å². The number of nitrogens with zero attached hydrogens (tertiary/aromatic N) is 2. The maximum Gasteiger partial charge on any atom is 0.573 e. The third-order valence-corrected chi connectivity index (χ3v) is 7.03. The smallest absolute Gasteiger partial charge is 0.465 e. The summed E-state index contributed by atoms with van der Waals surface area (Å²) in [5.74, 6) is -0.0395. The van der Waals surface area contributed by atoms with Gasteiger partial charge >= 0.3 is 12.3 Å². The number of ether oxygens (including phenoxy) is 2. The van der Waals surface area contributed by atoms with E-state index < -0.39 is 12.3 Å². The van der Waals surface area contributed by atoms with Gasteiger partial charge in [0.15, 0.2) is 0 Å². The summed E-state index contributed by atoms with van der Waals surface area (Å²) in [5.41, 5.74) is 4.96. The summed E-state index contributed by atoms with van der Waals surface area (Å²) in [5, 5.41) is 0.984. The van der Waals surface area contributed by atoms with Crippen LogP contribution in [0.15, 0.2) is 97.2 Å². The molecule has 5 nitrogen and oxygen atoms in total. The summed E-state index contributed by atoms with van der Waals surface area (Å²) < 4.78 is 48.7. The summed E-state index contributed by atoms with van der Waals surface area (Å²) in [6.07, 6.45) is 0.884.